The van der Waals surface area contributed by atoms with Crippen LogP contribution in [0.1, 0.15) is 24.6 Å². The number of hydrogen-bond donors (Lipinski definition) is 0. The van der Waals surface area contributed by atoms with Gasteiger partial charge in [-0.3, -0.25) is 4.79 Å². The maximum Gasteiger partial charge on any atom is 0.267 e. The summed E-state index contributed by atoms with van der Waals surface area (Å²) in [6.07, 6.45) is 3.11. The van der Waals surface area contributed by atoms with Crippen molar-refractivity contribution in [2.45, 2.75) is 32.7 Å². The van der Waals surface area contributed by atoms with E-state index in [2.05, 4.69) is 16.9 Å². The minimum Gasteiger partial charge on any atom is -0.268 e. The smallest absolute Gasteiger partial charge is 0.267 e. The topological polar surface area (TPSA) is 34.9 Å². The first-order valence-electron chi connectivity index (χ1n) is 4.81. The van der Waals surface area contributed by atoms with Crippen LogP contribution in [0.15, 0.2) is 10.9 Å². The average molecular weight is 188 g/mol. The Morgan fingerprint density at radius 3 is 3.21 bits per heavy atom. The van der Waals surface area contributed by atoms with Gasteiger partial charge in [0.15, 0.2) is 0 Å². The summed E-state index contributed by atoms with van der Waals surface area (Å²) >= 11 is 0. The van der Waals surface area contributed by atoms with Crippen LogP contribution in [0.4, 0.5) is 0 Å². The highest BCUT2D eigenvalue weighted by atomic mass is 16.1. The zero-order valence-electron chi connectivity index (χ0n) is 8.21. The summed E-state index contributed by atoms with van der Waals surface area (Å²) in [5, 5.41) is 4.29. The Morgan fingerprint density at radius 2 is 2.43 bits per heavy atom. The van der Waals surface area contributed by atoms with E-state index in [4.69, 9.17) is 0 Å². The third kappa shape index (κ3) is 1.56. The van der Waals surface area contributed by atoms with Gasteiger partial charge in [0.1, 0.15) is 6.54 Å². The third-order valence-corrected chi connectivity index (χ3v) is 2.43. The second-order valence-corrected chi connectivity index (χ2v) is 3.39. The van der Waals surface area contributed by atoms with Crippen LogP contribution in [-0.4, -0.2) is 9.78 Å². The van der Waals surface area contributed by atoms with Crippen LogP contribution in [0, 0.1) is 11.8 Å². The summed E-state index contributed by atoms with van der Waals surface area (Å²) < 4.78 is 1.45. The van der Waals surface area contributed by atoms with Crippen molar-refractivity contribution in [3.63, 3.8) is 0 Å². The van der Waals surface area contributed by atoms with Gasteiger partial charge >= 0.3 is 0 Å². The van der Waals surface area contributed by atoms with Gasteiger partial charge in [-0.05, 0) is 31.7 Å². The standard InChI is InChI=1S/C11H12N2O/c1-2-3-7-13-11(14)8-9-5-4-6-10(9)12-13/h8H,4-7H2,1H3. The molecule has 1 aromatic heterocycles. The second kappa shape index (κ2) is 3.67. The van der Waals surface area contributed by atoms with Gasteiger partial charge < -0.3 is 0 Å². The van der Waals surface area contributed by atoms with Gasteiger partial charge in [-0.25, -0.2) is 4.68 Å². The van der Waals surface area contributed by atoms with Crippen LogP contribution in [-0.2, 0) is 19.4 Å². The maximum absolute atomic E-state index is 11.5. The van der Waals surface area contributed by atoms with Crippen molar-refractivity contribution in [3.8, 4) is 11.8 Å². The maximum atomic E-state index is 11.5. The van der Waals surface area contributed by atoms with E-state index in [-0.39, 0.29) is 5.56 Å². The summed E-state index contributed by atoms with van der Waals surface area (Å²) in [7, 11) is 0. The number of nitrogens with zero attached hydrogens (tertiary/aromatic N) is 2. The van der Waals surface area contributed by atoms with E-state index < -0.39 is 0 Å². The number of hydrogen-bond acceptors (Lipinski definition) is 2. The molecule has 1 aliphatic rings. The fourth-order valence-electron chi connectivity index (χ4n) is 1.71. The SMILES string of the molecule is CC#CCn1nc2c(cc1=O)CCC2. The molecule has 2 rings (SSSR count). The fourth-order valence-corrected chi connectivity index (χ4v) is 1.71. The van der Waals surface area contributed by atoms with E-state index in [1.807, 2.05) is 0 Å². The van der Waals surface area contributed by atoms with Crippen molar-refractivity contribution in [1.82, 2.24) is 9.78 Å². The van der Waals surface area contributed by atoms with Crippen molar-refractivity contribution in [3.05, 3.63) is 27.7 Å². The fraction of sp³-hybridized carbons (Fsp3) is 0.455. The highest BCUT2D eigenvalue weighted by Crippen LogP contribution is 2.16. The van der Waals surface area contributed by atoms with Gasteiger partial charge in [-0.1, -0.05) is 5.92 Å². The van der Waals surface area contributed by atoms with Crippen molar-refractivity contribution in [2.24, 2.45) is 0 Å². The summed E-state index contributed by atoms with van der Waals surface area (Å²) in [4.78, 5) is 11.5. The molecule has 0 atom stereocenters. The lowest BCUT2D eigenvalue weighted by atomic mass is 10.2. The molecule has 0 bridgehead atoms. The molecule has 72 valence electrons. The molecule has 0 N–H and O–H groups in total. The number of aromatic nitrogens is 2. The van der Waals surface area contributed by atoms with Crippen LogP contribution >= 0.6 is 0 Å². The highest BCUT2D eigenvalue weighted by molar-refractivity contribution is 5.22. The lowest BCUT2D eigenvalue weighted by molar-refractivity contribution is 0.643. The number of rotatable bonds is 1. The Hall–Kier alpha value is -1.56. The molecule has 3 heteroatoms. The van der Waals surface area contributed by atoms with Crippen LogP contribution < -0.4 is 5.56 Å². The molecule has 1 aromatic rings. The van der Waals surface area contributed by atoms with E-state index in [9.17, 15) is 4.79 Å². The van der Waals surface area contributed by atoms with E-state index >= 15 is 0 Å². The predicted molar refractivity (Wildman–Crippen MR) is 54.0 cm³/mol. The largest absolute Gasteiger partial charge is 0.268 e. The zero-order chi connectivity index (χ0) is 9.97. The summed E-state index contributed by atoms with van der Waals surface area (Å²) in [5.74, 6) is 5.61. The Bertz CT molecular complexity index is 462. The van der Waals surface area contributed by atoms with Crippen LogP contribution in [0.3, 0.4) is 0 Å². The van der Waals surface area contributed by atoms with Crippen molar-refractivity contribution in [1.29, 1.82) is 0 Å². The van der Waals surface area contributed by atoms with Crippen LogP contribution in [0.5, 0.6) is 0 Å². The number of fused-ring (bicyclic) bond motifs is 1. The normalized spacial score (nSPS) is 13.2. The zero-order valence-corrected chi connectivity index (χ0v) is 8.21. The molecule has 14 heavy (non-hydrogen) atoms. The van der Waals surface area contributed by atoms with Crippen LogP contribution in [0.2, 0.25) is 0 Å². The molecule has 0 aliphatic heterocycles. The average Bonchev–Trinajstić information content (AvgIpc) is 2.61. The lowest BCUT2D eigenvalue weighted by Crippen LogP contribution is -2.23. The highest BCUT2D eigenvalue weighted by Gasteiger charge is 2.13. The molecule has 0 amide bonds. The van der Waals surface area contributed by atoms with Crippen LogP contribution in [0.25, 0.3) is 0 Å². The monoisotopic (exact) mass is 188 g/mol. The second-order valence-electron chi connectivity index (χ2n) is 3.39. The molecular weight excluding hydrogens is 176 g/mol. The van der Waals surface area contributed by atoms with Gasteiger partial charge in [-0.15, -0.1) is 5.92 Å². The lowest BCUT2D eigenvalue weighted by Gasteiger charge is -2.02. The molecule has 0 unspecified atom stereocenters. The Balaban J connectivity index is 2.40. The van der Waals surface area contributed by atoms with Gasteiger partial charge in [-0.2, -0.15) is 5.10 Å². The Morgan fingerprint density at radius 1 is 1.57 bits per heavy atom. The molecule has 1 aliphatic carbocycles. The van der Waals surface area contributed by atoms with Crippen molar-refractivity contribution in [2.75, 3.05) is 0 Å². The first kappa shape index (κ1) is 9.01. The van der Waals surface area contributed by atoms with Gasteiger partial charge in [0.25, 0.3) is 5.56 Å². The molecule has 1 heterocycles. The first-order valence-corrected chi connectivity index (χ1v) is 4.81. The Kier molecular flexibility index (Phi) is 2.36. The van der Waals surface area contributed by atoms with Crippen molar-refractivity contribution >= 4 is 0 Å². The van der Waals surface area contributed by atoms with E-state index in [0.717, 1.165) is 30.5 Å². The molecule has 0 spiro atoms. The minimum absolute atomic E-state index is 0.0339. The quantitative estimate of drug-likeness (QED) is 0.610. The molecular formula is C11H12N2O. The minimum atomic E-state index is -0.0339. The van der Waals surface area contributed by atoms with Crippen molar-refractivity contribution < 1.29 is 0 Å². The number of aryl methyl sites for hydroxylation is 2. The molecule has 0 fully saturated rings. The summed E-state index contributed by atoms with van der Waals surface area (Å²) in [6, 6.07) is 1.70. The third-order valence-electron chi connectivity index (χ3n) is 2.43. The van der Waals surface area contributed by atoms with E-state index in [0.29, 0.717) is 6.54 Å². The summed E-state index contributed by atoms with van der Waals surface area (Å²) in [5.41, 5.74) is 2.16. The van der Waals surface area contributed by atoms with Gasteiger partial charge in [0, 0.05) is 6.07 Å². The van der Waals surface area contributed by atoms with Gasteiger partial charge in [0.2, 0.25) is 0 Å². The first-order chi connectivity index (χ1) is 6.81. The van der Waals surface area contributed by atoms with E-state index in [1.54, 1.807) is 13.0 Å². The Labute approximate surface area is 82.8 Å². The summed E-state index contributed by atoms with van der Waals surface area (Å²) in [6.45, 7) is 2.17. The molecule has 0 saturated carbocycles. The van der Waals surface area contributed by atoms with E-state index in [1.165, 1.54) is 4.68 Å². The van der Waals surface area contributed by atoms with Gasteiger partial charge in [0.05, 0.1) is 5.69 Å². The molecule has 0 saturated heterocycles. The predicted octanol–water partition coefficient (Wildman–Crippen LogP) is 0.755. The molecule has 3 nitrogen and oxygen atoms in total. The molecule has 0 aromatic carbocycles. The molecule has 0 radical (unpaired) electrons.